The van der Waals surface area contributed by atoms with Gasteiger partial charge in [-0.05, 0) is 58.5 Å². The van der Waals surface area contributed by atoms with Gasteiger partial charge in [-0.2, -0.15) is 0 Å². The van der Waals surface area contributed by atoms with E-state index in [1.807, 2.05) is 43.3 Å². The summed E-state index contributed by atoms with van der Waals surface area (Å²) >= 11 is 0. The molecule has 134 valence electrons. The van der Waals surface area contributed by atoms with E-state index in [4.69, 9.17) is 0 Å². The lowest BCUT2D eigenvalue weighted by atomic mass is 9.96. The van der Waals surface area contributed by atoms with E-state index in [1.165, 1.54) is 21.9 Å². The quantitative estimate of drug-likeness (QED) is 0.354. The van der Waals surface area contributed by atoms with Gasteiger partial charge in [0, 0.05) is 5.56 Å². The van der Waals surface area contributed by atoms with Gasteiger partial charge in [-0.25, -0.2) is 4.39 Å². The Morgan fingerprint density at radius 3 is 2.04 bits per heavy atom. The molecular weight excluding hydrogens is 331 g/mol. The molecule has 0 aromatic heterocycles. The highest BCUT2D eigenvalue weighted by molar-refractivity contribution is 5.88. The Bertz CT molecular complexity index is 1090. The average Bonchev–Trinajstić information content (AvgIpc) is 2.68. The molecule has 0 bridgehead atoms. The molecule has 4 aromatic rings. The summed E-state index contributed by atoms with van der Waals surface area (Å²) in [6, 6.07) is 26.5. The summed E-state index contributed by atoms with van der Waals surface area (Å²) in [6.45, 7) is 4.23. The molecule has 0 unspecified atom stereocenters. The number of halogens is 1. The van der Waals surface area contributed by atoms with Gasteiger partial charge in [0.05, 0.1) is 0 Å². The minimum atomic E-state index is -0.185. The molecule has 0 N–H and O–H groups in total. The van der Waals surface area contributed by atoms with E-state index in [-0.39, 0.29) is 5.82 Å². The fourth-order valence-corrected chi connectivity index (χ4v) is 3.58. The van der Waals surface area contributed by atoms with E-state index < -0.39 is 0 Å². The van der Waals surface area contributed by atoms with Crippen LogP contribution in [0.3, 0.4) is 0 Å². The Kier molecular flexibility index (Phi) is 4.77. The van der Waals surface area contributed by atoms with Crippen molar-refractivity contribution in [2.75, 3.05) is 0 Å². The Morgan fingerprint density at radius 1 is 0.667 bits per heavy atom. The zero-order valence-electron chi connectivity index (χ0n) is 15.8. The lowest BCUT2D eigenvalue weighted by Crippen LogP contribution is -1.88. The number of hydrogen-bond acceptors (Lipinski definition) is 0. The maximum absolute atomic E-state index is 14.8. The molecule has 0 aliphatic carbocycles. The van der Waals surface area contributed by atoms with Crippen LogP contribution in [0.15, 0.2) is 78.9 Å². The van der Waals surface area contributed by atoms with E-state index >= 15 is 0 Å². The Balaban J connectivity index is 1.69. The van der Waals surface area contributed by atoms with Crippen LogP contribution in [0.25, 0.3) is 33.0 Å². The summed E-state index contributed by atoms with van der Waals surface area (Å²) < 4.78 is 14.8. The van der Waals surface area contributed by atoms with E-state index in [2.05, 4.69) is 43.3 Å². The van der Waals surface area contributed by atoms with E-state index in [0.29, 0.717) is 5.56 Å². The van der Waals surface area contributed by atoms with Gasteiger partial charge < -0.3 is 0 Å². The van der Waals surface area contributed by atoms with Crippen LogP contribution >= 0.6 is 0 Å². The second-order valence-electron chi connectivity index (χ2n) is 7.21. The van der Waals surface area contributed by atoms with Gasteiger partial charge in [0.1, 0.15) is 5.82 Å². The highest BCUT2D eigenvalue weighted by Gasteiger charge is 2.08. The van der Waals surface area contributed by atoms with Crippen molar-refractivity contribution in [2.45, 2.75) is 26.7 Å². The van der Waals surface area contributed by atoms with Crippen LogP contribution in [-0.2, 0) is 6.42 Å². The van der Waals surface area contributed by atoms with E-state index in [9.17, 15) is 4.39 Å². The first-order valence-electron chi connectivity index (χ1n) is 9.54. The predicted octanol–water partition coefficient (Wildman–Crippen LogP) is 7.57. The molecule has 0 saturated carbocycles. The molecule has 0 aliphatic heterocycles. The first-order chi connectivity index (χ1) is 13.1. The highest BCUT2D eigenvalue weighted by Crippen LogP contribution is 2.30. The monoisotopic (exact) mass is 354 g/mol. The molecule has 0 heterocycles. The number of fused-ring (bicyclic) bond motifs is 1. The molecule has 0 saturated heterocycles. The second kappa shape index (κ2) is 7.36. The van der Waals surface area contributed by atoms with Crippen molar-refractivity contribution in [2.24, 2.45) is 0 Å². The van der Waals surface area contributed by atoms with Crippen LogP contribution in [0.2, 0.25) is 0 Å². The molecule has 4 aromatic carbocycles. The van der Waals surface area contributed by atoms with E-state index in [0.717, 1.165) is 29.5 Å². The molecule has 1 heteroatoms. The third kappa shape index (κ3) is 3.64. The van der Waals surface area contributed by atoms with Crippen molar-refractivity contribution in [1.82, 2.24) is 0 Å². The van der Waals surface area contributed by atoms with Gasteiger partial charge in [-0.3, -0.25) is 0 Å². The van der Waals surface area contributed by atoms with Gasteiger partial charge in [-0.15, -0.1) is 0 Å². The molecule has 0 spiro atoms. The second-order valence-corrected chi connectivity index (χ2v) is 7.21. The number of rotatable bonds is 4. The summed E-state index contributed by atoms with van der Waals surface area (Å²) in [5.41, 5.74) is 6.04. The minimum Gasteiger partial charge on any atom is -0.206 e. The summed E-state index contributed by atoms with van der Waals surface area (Å²) in [5, 5.41) is 2.43. The Morgan fingerprint density at radius 2 is 1.30 bits per heavy atom. The number of hydrogen-bond donors (Lipinski definition) is 0. The average molecular weight is 354 g/mol. The van der Waals surface area contributed by atoms with Gasteiger partial charge in [-0.1, -0.05) is 85.6 Å². The first-order valence-corrected chi connectivity index (χ1v) is 9.54. The summed E-state index contributed by atoms with van der Waals surface area (Å²) in [6.07, 6.45) is 2.25. The lowest BCUT2D eigenvalue weighted by molar-refractivity contribution is 0.632. The van der Waals surface area contributed by atoms with Crippen LogP contribution in [0.1, 0.15) is 24.5 Å². The van der Waals surface area contributed by atoms with Crippen LogP contribution in [0, 0.1) is 12.7 Å². The van der Waals surface area contributed by atoms with Gasteiger partial charge in [0.15, 0.2) is 0 Å². The molecule has 27 heavy (non-hydrogen) atoms. The van der Waals surface area contributed by atoms with Crippen molar-refractivity contribution < 1.29 is 4.39 Å². The van der Waals surface area contributed by atoms with Gasteiger partial charge >= 0.3 is 0 Å². The molecule has 0 atom stereocenters. The fourth-order valence-electron chi connectivity index (χ4n) is 3.58. The third-order valence-corrected chi connectivity index (χ3v) is 5.11. The molecule has 4 rings (SSSR count). The third-order valence-electron chi connectivity index (χ3n) is 5.11. The minimum absolute atomic E-state index is 0.185. The van der Waals surface area contributed by atoms with Crippen molar-refractivity contribution in [3.05, 3.63) is 95.8 Å². The summed E-state index contributed by atoms with van der Waals surface area (Å²) in [4.78, 5) is 0. The first kappa shape index (κ1) is 17.5. The molecule has 0 amide bonds. The largest absolute Gasteiger partial charge is 0.206 e. The topological polar surface area (TPSA) is 0 Å². The summed E-state index contributed by atoms with van der Waals surface area (Å²) in [7, 11) is 0. The maximum atomic E-state index is 14.8. The zero-order valence-corrected chi connectivity index (χ0v) is 15.8. The van der Waals surface area contributed by atoms with Crippen molar-refractivity contribution in [3.63, 3.8) is 0 Å². The molecule has 0 fully saturated rings. The predicted molar refractivity (Wildman–Crippen MR) is 114 cm³/mol. The Hall–Kier alpha value is -2.93. The highest BCUT2D eigenvalue weighted by atomic mass is 19.1. The van der Waals surface area contributed by atoms with Gasteiger partial charge in [0.2, 0.25) is 0 Å². The van der Waals surface area contributed by atoms with Crippen LogP contribution in [0.4, 0.5) is 4.39 Å². The van der Waals surface area contributed by atoms with Crippen LogP contribution in [-0.4, -0.2) is 0 Å². The normalized spacial score (nSPS) is 11.1. The Labute approximate surface area is 160 Å². The fraction of sp³-hybridized carbons (Fsp3) is 0.154. The van der Waals surface area contributed by atoms with Crippen LogP contribution in [0.5, 0.6) is 0 Å². The SMILES string of the molecule is CCCc1ccc2cc(-c3ccc(-c4ccc(C)cc4)c(F)c3)ccc2c1. The number of benzene rings is 4. The van der Waals surface area contributed by atoms with Crippen molar-refractivity contribution in [1.29, 1.82) is 0 Å². The smallest absolute Gasteiger partial charge is 0.131 e. The van der Waals surface area contributed by atoms with Crippen molar-refractivity contribution in [3.8, 4) is 22.3 Å². The number of aryl methyl sites for hydroxylation is 2. The molecule has 0 nitrogen and oxygen atoms in total. The van der Waals surface area contributed by atoms with Crippen LogP contribution < -0.4 is 0 Å². The molecule has 0 aliphatic rings. The van der Waals surface area contributed by atoms with E-state index in [1.54, 1.807) is 6.07 Å². The zero-order chi connectivity index (χ0) is 18.8. The lowest BCUT2D eigenvalue weighted by Gasteiger charge is -2.09. The molecular formula is C26H23F. The standard InChI is InChI=1S/C26H23F/c1-3-4-19-7-10-22-16-23(12-11-21(22)15-19)24-13-14-25(26(27)17-24)20-8-5-18(2)6-9-20/h5-17H,3-4H2,1-2H3. The maximum Gasteiger partial charge on any atom is 0.131 e. The van der Waals surface area contributed by atoms with Crippen molar-refractivity contribution >= 4 is 10.8 Å². The molecule has 0 radical (unpaired) electrons. The van der Waals surface area contributed by atoms with Gasteiger partial charge in [0.25, 0.3) is 0 Å². The summed E-state index contributed by atoms with van der Waals surface area (Å²) in [5.74, 6) is -0.185.